The monoisotopic (exact) mass is 404 g/mol. The second kappa shape index (κ2) is 6.75. The minimum Gasteiger partial charge on any atom is -0.338 e. The topological polar surface area (TPSA) is 49.6 Å². The lowest BCUT2D eigenvalue weighted by Gasteiger charge is -2.33. The van der Waals surface area contributed by atoms with Crippen molar-refractivity contribution in [3.63, 3.8) is 0 Å². The number of alkyl halides is 3. The van der Waals surface area contributed by atoms with Crippen LogP contribution in [0, 0.1) is 12.7 Å². The van der Waals surface area contributed by atoms with Crippen LogP contribution in [0.25, 0.3) is 16.6 Å². The zero-order valence-electron chi connectivity index (χ0n) is 14.6. The first-order valence-electron chi connectivity index (χ1n) is 8.11. The molecule has 0 saturated carbocycles. The third-order valence-electron chi connectivity index (χ3n) is 4.54. The number of nitrogens with zero attached hydrogens (tertiary/aromatic N) is 6. The zero-order valence-corrected chi connectivity index (χ0v) is 15.4. The molecule has 1 saturated heterocycles. The third kappa shape index (κ3) is 3.39. The van der Waals surface area contributed by atoms with Crippen LogP contribution >= 0.6 is 12.4 Å². The fraction of sp³-hybridized carbons (Fsp3) is 0.438. The van der Waals surface area contributed by atoms with Crippen LogP contribution in [0.5, 0.6) is 0 Å². The molecule has 27 heavy (non-hydrogen) atoms. The van der Waals surface area contributed by atoms with E-state index in [1.54, 1.807) is 6.92 Å². The molecule has 0 aliphatic carbocycles. The van der Waals surface area contributed by atoms with Gasteiger partial charge in [0.25, 0.3) is 0 Å². The van der Waals surface area contributed by atoms with Gasteiger partial charge in [0.2, 0.25) is 5.95 Å². The Hall–Kier alpha value is -2.20. The summed E-state index contributed by atoms with van der Waals surface area (Å²) in [5, 5.41) is 4.50. The summed E-state index contributed by atoms with van der Waals surface area (Å²) in [5.41, 5.74) is -0.982. The lowest BCUT2D eigenvalue weighted by atomic mass is 10.1. The average Bonchev–Trinajstić information content (AvgIpc) is 2.95. The molecule has 2 aromatic heterocycles. The molecule has 0 amide bonds. The van der Waals surface area contributed by atoms with Crippen LogP contribution in [-0.2, 0) is 6.18 Å². The average molecular weight is 405 g/mol. The van der Waals surface area contributed by atoms with Gasteiger partial charge in [-0.15, -0.1) is 17.5 Å². The van der Waals surface area contributed by atoms with Crippen molar-refractivity contribution in [1.29, 1.82) is 0 Å². The fourth-order valence-electron chi connectivity index (χ4n) is 3.15. The lowest BCUT2D eigenvalue weighted by molar-refractivity contribution is -0.139. The first-order valence-corrected chi connectivity index (χ1v) is 8.11. The summed E-state index contributed by atoms with van der Waals surface area (Å²) in [6.45, 7) is 4.60. The predicted molar refractivity (Wildman–Crippen MR) is 94.9 cm³/mol. The largest absolute Gasteiger partial charge is 0.419 e. The van der Waals surface area contributed by atoms with Gasteiger partial charge in [-0.2, -0.15) is 17.7 Å². The fourth-order valence-corrected chi connectivity index (χ4v) is 3.15. The Morgan fingerprint density at radius 1 is 1.04 bits per heavy atom. The standard InChI is InChI=1S/C16H16F4N6.ClH/c1-9-21-14-10-7-12(17)11(16(18,19)20)8-13(10)22-15(26(14)23-9)25-5-3-24(2)4-6-25;/h7-8H,3-6H2,1-2H3;1H. The van der Waals surface area contributed by atoms with Crippen LogP contribution in [-0.4, -0.2) is 57.7 Å². The molecule has 6 nitrogen and oxygen atoms in total. The number of benzene rings is 1. The van der Waals surface area contributed by atoms with E-state index in [1.807, 2.05) is 11.9 Å². The van der Waals surface area contributed by atoms with Gasteiger partial charge in [-0.25, -0.2) is 14.4 Å². The first kappa shape index (κ1) is 19.6. The van der Waals surface area contributed by atoms with Gasteiger partial charge in [0.05, 0.1) is 11.1 Å². The molecule has 1 fully saturated rings. The van der Waals surface area contributed by atoms with E-state index in [0.717, 1.165) is 25.2 Å². The molecule has 11 heteroatoms. The van der Waals surface area contributed by atoms with Gasteiger partial charge < -0.3 is 9.80 Å². The van der Waals surface area contributed by atoms with Crippen LogP contribution in [0.15, 0.2) is 12.1 Å². The Morgan fingerprint density at radius 2 is 1.70 bits per heavy atom. The molecular formula is C16H17ClF4N6. The summed E-state index contributed by atoms with van der Waals surface area (Å²) in [4.78, 5) is 12.8. The number of hydrogen-bond acceptors (Lipinski definition) is 5. The summed E-state index contributed by atoms with van der Waals surface area (Å²) < 4.78 is 54.7. The number of piperazine rings is 1. The summed E-state index contributed by atoms with van der Waals surface area (Å²) >= 11 is 0. The van der Waals surface area contributed by atoms with Gasteiger partial charge in [0, 0.05) is 31.6 Å². The van der Waals surface area contributed by atoms with Gasteiger partial charge in [0.1, 0.15) is 11.6 Å². The molecular weight excluding hydrogens is 388 g/mol. The second-order valence-electron chi connectivity index (χ2n) is 6.44. The van der Waals surface area contributed by atoms with Crippen molar-refractivity contribution in [2.45, 2.75) is 13.1 Å². The van der Waals surface area contributed by atoms with Crippen molar-refractivity contribution < 1.29 is 17.6 Å². The van der Waals surface area contributed by atoms with Crippen molar-refractivity contribution in [3.05, 3.63) is 29.3 Å². The Balaban J connectivity index is 0.00000210. The molecule has 0 radical (unpaired) electrons. The molecule has 0 atom stereocenters. The molecule has 4 rings (SSSR count). The summed E-state index contributed by atoms with van der Waals surface area (Å²) in [5.74, 6) is -0.488. The van der Waals surface area contributed by atoms with Gasteiger partial charge in [-0.3, -0.25) is 0 Å². The minimum atomic E-state index is -4.79. The molecule has 0 spiro atoms. The van der Waals surface area contributed by atoms with Gasteiger partial charge in [0.15, 0.2) is 5.65 Å². The molecule has 0 N–H and O–H groups in total. The van der Waals surface area contributed by atoms with E-state index in [0.29, 0.717) is 30.5 Å². The first-order chi connectivity index (χ1) is 12.2. The van der Waals surface area contributed by atoms with E-state index in [9.17, 15) is 17.6 Å². The van der Waals surface area contributed by atoms with Crippen molar-refractivity contribution in [3.8, 4) is 0 Å². The number of aromatic nitrogens is 4. The number of rotatable bonds is 1. The predicted octanol–water partition coefficient (Wildman–Crippen LogP) is 2.92. The van der Waals surface area contributed by atoms with Crippen LogP contribution in [0.2, 0.25) is 0 Å². The SMILES string of the molecule is Cc1nc2c3cc(F)c(C(F)(F)F)cc3nc(N3CCN(C)CC3)n2n1.Cl. The number of anilines is 1. The van der Waals surface area contributed by atoms with E-state index >= 15 is 0 Å². The van der Waals surface area contributed by atoms with Gasteiger partial charge >= 0.3 is 6.18 Å². The Morgan fingerprint density at radius 3 is 2.33 bits per heavy atom. The number of halogens is 5. The maximum Gasteiger partial charge on any atom is 0.419 e. The molecule has 0 unspecified atom stereocenters. The minimum absolute atomic E-state index is 0. The Kier molecular flexibility index (Phi) is 4.89. The van der Waals surface area contributed by atoms with Crippen molar-refractivity contribution in [2.75, 3.05) is 38.1 Å². The highest BCUT2D eigenvalue weighted by Crippen LogP contribution is 2.35. The highest BCUT2D eigenvalue weighted by atomic mass is 35.5. The number of likely N-dealkylation sites (N-methyl/N-ethyl adjacent to an activating group) is 1. The van der Waals surface area contributed by atoms with Gasteiger partial charge in [-0.05, 0) is 26.1 Å². The number of fused-ring (bicyclic) bond motifs is 3. The van der Waals surface area contributed by atoms with E-state index < -0.39 is 17.6 Å². The molecule has 3 aromatic rings. The molecule has 1 aliphatic rings. The smallest absolute Gasteiger partial charge is 0.338 e. The third-order valence-corrected chi connectivity index (χ3v) is 4.54. The normalized spacial score (nSPS) is 16.1. The molecule has 1 aliphatic heterocycles. The number of hydrogen-bond donors (Lipinski definition) is 0. The van der Waals surface area contributed by atoms with Crippen molar-refractivity contribution >= 4 is 34.9 Å². The van der Waals surface area contributed by atoms with Crippen LogP contribution < -0.4 is 4.90 Å². The van der Waals surface area contributed by atoms with E-state index in [-0.39, 0.29) is 23.3 Å². The van der Waals surface area contributed by atoms with Gasteiger partial charge in [-0.1, -0.05) is 0 Å². The summed E-state index contributed by atoms with van der Waals surface area (Å²) in [6.07, 6.45) is -4.79. The van der Waals surface area contributed by atoms with Crippen LogP contribution in [0.3, 0.4) is 0 Å². The maximum absolute atomic E-state index is 14.0. The Labute approximate surface area is 158 Å². The number of aryl methyl sites for hydroxylation is 1. The second-order valence-corrected chi connectivity index (χ2v) is 6.44. The molecule has 3 heterocycles. The molecule has 0 bridgehead atoms. The lowest BCUT2D eigenvalue weighted by Crippen LogP contribution is -2.45. The molecule has 146 valence electrons. The Bertz CT molecular complexity index is 994. The van der Waals surface area contributed by atoms with Crippen molar-refractivity contribution in [2.24, 2.45) is 0 Å². The van der Waals surface area contributed by atoms with Crippen LogP contribution in [0.4, 0.5) is 23.5 Å². The summed E-state index contributed by atoms with van der Waals surface area (Å²) in [6, 6.07) is 1.58. The van der Waals surface area contributed by atoms with Crippen molar-refractivity contribution in [1.82, 2.24) is 24.5 Å². The van der Waals surface area contributed by atoms with Crippen LogP contribution in [0.1, 0.15) is 11.4 Å². The summed E-state index contributed by atoms with van der Waals surface area (Å²) in [7, 11) is 2.00. The quantitative estimate of drug-likeness (QED) is 0.584. The molecule has 1 aromatic carbocycles. The van der Waals surface area contributed by atoms with E-state index in [2.05, 4.69) is 20.0 Å². The maximum atomic E-state index is 14.0. The zero-order chi connectivity index (χ0) is 18.6. The van der Waals surface area contributed by atoms with E-state index in [4.69, 9.17) is 0 Å². The highest BCUT2D eigenvalue weighted by molar-refractivity contribution is 5.93. The highest BCUT2D eigenvalue weighted by Gasteiger charge is 2.35. The van der Waals surface area contributed by atoms with E-state index in [1.165, 1.54) is 4.52 Å².